The average Bonchev–Trinajstić information content (AvgIpc) is 2.81. The van der Waals surface area contributed by atoms with E-state index in [1.165, 1.54) is 12.1 Å². The second-order valence-corrected chi connectivity index (χ2v) is 5.18. The van der Waals surface area contributed by atoms with Gasteiger partial charge in [0.15, 0.2) is 0 Å². The highest BCUT2D eigenvalue weighted by Gasteiger charge is 2.26. The second-order valence-electron chi connectivity index (χ2n) is 5.18. The molecular formula is C14H18N2O4. The Kier molecular flexibility index (Phi) is 4.34. The molecule has 1 aromatic carbocycles. The summed E-state index contributed by atoms with van der Waals surface area (Å²) >= 11 is 0. The largest absolute Gasteiger partial charge is 0.393 e. The van der Waals surface area contributed by atoms with E-state index in [1.54, 1.807) is 13.0 Å². The summed E-state index contributed by atoms with van der Waals surface area (Å²) in [5.41, 5.74) is 0.618. The normalized spacial score (nSPS) is 21.7. The Bertz CT molecular complexity index is 530. The number of amides is 1. The number of aliphatic hydroxyl groups is 1. The molecule has 2 atom stereocenters. The fraction of sp³-hybridized carbons (Fsp3) is 0.500. The summed E-state index contributed by atoms with van der Waals surface area (Å²) in [6, 6.07) is 4.46. The maximum absolute atomic E-state index is 12.1. The second kappa shape index (κ2) is 6.00. The molecule has 20 heavy (non-hydrogen) atoms. The van der Waals surface area contributed by atoms with Crippen LogP contribution in [0.2, 0.25) is 0 Å². The van der Waals surface area contributed by atoms with Gasteiger partial charge in [-0.05, 0) is 25.8 Å². The fourth-order valence-corrected chi connectivity index (χ4v) is 2.64. The molecule has 6 nitrogen and oxygen atoms in total. The molecule has 0 aromatic heterocycles. The molecule has 0 heterocycles. The van der Waals surface area contributed by atoms with Gasteiger partial charge in [-0.15, -0.1) is 0 Å². The van der Waals surface area contributed by atoms with E-state index in [-0.39, 0.29) is 23.6 Å². The molecule has 0 aliphatic heterocycles. The van der Waals surface area contributed by atoms with E-state index >= 15 is 0 Å². The van der Waals surface area contributed by atoms with Gasteiger partial charge in [0, 0.05) is 29.7 Å². The van der Waals surface area contributed by atoms with E-state index < -0.39 is 4.92 Å². The summed E-state index contributed by atoms with van der Waals surface area (Å²) in [5.74, 6) is -0.247. The van der Waals surface area contributed by atoms with Gasteiger partial charge in [-0.1, -0.05) is 12.5 Å². The van der Waals surface area contributed by atoms with E-state index in [0.717, 1.165) is 19.3 Å². The molecular weight excluding hydrogens is 260 g/mol. The van der Waals surface area contributed by atoms with Gasteiger partial charge in [0.1, 0.15) is 0 Å². The maximum Gasteiger partial charge on any atom is 0.273 e. The van der Waals surface area contributed by atoms with Crippen LogP contribution in [0, 0.1) is 23.0 Å². The number of nitrogens with one attached hydrogen (secondary N) is 1. The van der Waals surface area contributed by atoms with Gasteiger partial charge in [0.2, 0.25) is 0 Å². The van der Waals surface area contributed by atoms with E-state index in [9.17, 15) is 20.0 Å². The van der Waals surface area contributed by atoms with Crippen LogP contribution in [0.5, 0.6) is 0 Å². The molecule has 6 heteroatoms. The molecule has 1 saturated carbocycles. The molecule has 0 radical (unpaired) electrons. The van der Waals surface area contributed by atoms with Crippen molar-refractivity contribution in [1.29, 1.82) is 0 Å². The van der Waals surface area contributed by atoms with Crippen molar-refractivity contribution in [2.24, 2.45) is 5.92 Å². The zero-order valence-corrected chi connectivity index (χ0v) is 11.3. The highest BCUT2D eigenvalue weighted by Crippen LogP contribution is 2.25. The van der Waals surface area contributed by atoms with Gasteiger partial charge in [-0.3, -0.25) is 14.9 Å². The minimum Gasteiger partial charge on any atom is -0.393 e. The summed E-state index contributed by atoms with van der Waals surface area (Å²) in [5, 5.41) is 23.3. The molecule has 0 bridgehead atoms. The van der Waals surface area contributed by atoms with Gasteiger partial charge in [0.25, 0.3) is 11.6 Å². The molecule has 0 spiro atoms. The Balaban J connectivity index is 2.06. The standard InChI is InChI=1S/C14H18N2O4/c1-9-11(5-3-6-12(9)16(19)20)14(18)15-8-10-4-2-7-13(10)17/h3,5-6,10,13,17H,2,4,7-8H2,1H3,(H,15,18). The van der Waals surface area contributed by atoms with Gasteiger partial charge >= 0.3 is 0 Å². The van der Waals surface area contributed by atoms with E-state index in [0.29, 0.717) is 17.7 Å². The number of carbonyl (C=O) groups excluding carboxylic acids is 1. The smallest absolute Gasteiger partial charge is 0.273 e. The van der Waals surface area contributed by atoms with Crippen molar-refractivity contribution in [1.82, 2.24) is 5.32 Å². The summed E-state index contributed by atoms with van der Waals surface area (Å²) in [6.07, 6.45) is 2.28. The number of aliphatic hydroxyl groups excluding tert-OH is 1. The van der Waals surface area contributed by atoms with Crippen molar-refractivity contribution in [3.8, 4) is 0 Å². The zero-order valence-electron chi connectivity index (χ0n) is 11.3. The van der Waals surface area contributed by atoms with Gasteiger partial charge in [0.05, 0.1) is 11.0 Å². The van der Waals surface area contributed by atoms with Crippen LogP contribution in [0.4, 0.5) is 5.69 Å². The lowest BCUT2D eigenvalue weighted by molar-refractivity contribution is -0.385. The molecule has 1 aliphatic rings. The lowest BCUT2D eigenvalue weighted by Gasteiger charge is -2.15. The van der Waals surface area contributed by atoms with Crippen molar-refractivity contribution < 1.29 is 14.8 Å². The third kappa shape index (κ3) is 2.96. The van der Waals surface area contributed by atoms with Crippen LogP contribution in [0.15, 0.2) is 18.2 Å². The van der Waals surface area contributed by atoms with Gasteiger partial charge in [-0.2, -0.15) is 0 Å². The van der Waals surface area contributed by atoms with Crippen LogP contribution in [0.25, 0.3) is 0 Å². The number of nitro groups is 1. The molecule has 2 rings (SSSR count). The minimum atomic E-state index is -0.493. The van der Waals surface area contributed by atoms with Gasteiger partial charge < -0.3 is 10.4 Å². The summed E-state index contributed by atoms with van der Waals surface area (Å²) in [6.45, 7) is 1.97. The number of hydrogen-bond acceptors (Lipinski definition) is 4. The highest BCUT2D eigenvalue weighted by molar-refractivity contribution is 5.96. The fourth-order valence-electron chi connectivity index (χ4n) is 2.64. The topological polar surface area (TPSA) is 92.5 Å². The highest BCUT2D eigenvalue weighted by atomic mass is 16.6. The molecule has 1 aromatic rings. The number of rotatable bonds is 4. The van der Waals surface area contributed by atoms with Crippen molar-refractivity contribution in [2.45, 2.75) is 32.3 Å². The van der Waals surface area contributed by atoms with Crippen LogP contribution < -0.4 is 5.32 Å². The quantitative estimate of drug-likeness (QED) is 0.648. The van der Waals surface area contributed by atoms with Crippen molar-refractivity contribution >= 4 is 11.6 Å². The van der Waals surface area contributed by atoms with E-state index in [4.69, 9.17) is 0 Å². The number of benzene rings is 1. The summed E-state index contributed by atoms with van der Waals surface area (Å²) in [4.78, 5) is 22.4. The number of nitro benzene ring substituents is 1. The van der Waals surface area contributed by atoms with Gasteiger partial charge in [-0.25, -0.2) is 0 Å². The van der Waals surface area contributed by atoms with Crippen molar-refractivity contribution in [2.75, 3.05) is 6.54 Å². The van der Waals surface area contributed by atoms with Crippen molar-refractivity contribution in [3.63, 3.8) is 0 Å². The number of nitrogens with zero attached hydrogens (tertiary/aromatic N) is 1. The number of hydrogen-bond donors (Lipinski definition) is 2. The summed E-state index contributed by atoms with van der Waals surface area (Å²) in [7, 11) is 0. The molecule has 2 N–H and O–H groups in total. The third-order valence-electron chi connectivity index (χ3n) is 3.89. The lowest BCUT2D eigenvalue weighted by atomic mass is 10.0. The predicted octanol–water partition coefficient (Wildman–Crippen LogP) is 1.79. The molecule has 1 fully saturated rings. The van der Waals surface area contributed by atoms with Crippen LogP contribution >= 0.6 is 0 Å². The van der Waals surface area contributed by atoms with Crippen molar-refractivity contribution in [3.05, 3.63) is 39.4 Å². The Hall–Kier alpha value is -1.95. The Morgan fingerprint density at radius 2 is 2.25 bits per heavy atom. The first kappa shape index (κ1) is 14.5. The van der Waals surface area contributed by atoms with Crippen LogP contribution in [-0.2, 0) is 0 Å². The molecule has 0 saturated heterocycles. The number of carbonyl (C=O) groups is 1. The Labute approximate surface area is 117 Å². The first-order valence-electron chi connectivity index (χ1n) is 6.71. The minimum absolute atomic E-state index is 0.0569. The Morgan fingerprint density at radius 1 is 1.50 bits per heavy atom. The third-order valence-corrected chi connectivity index (χ3v) is 3.89. The van der Waals surface area contributed by atoms with Crippen LogP contribution in [0.1, 0.15) is 35.2 Å². The molecule has 108 valence electrons. The molecule has 1 aliphatic carbocycles. The average molecular weight is 278 g/mol. The first-order chi connectivity index (χ1) is 9.50. The summed E-state index contributed by atoms with van der Waals surface area (Å²) < 4.78 is 0. The maximum atomic E-state index is 12.1. The van der Waals surface area contributed by atoms with Crippen LogP contribution in [0.3, 0.4) is 0 Å². The first-order valence-corrected chi connectivity index (χ1v) is 6.71. The Morgan fingerprint density at radius 3 is 2.85 bits per heavy atom. The zero-order chi connectivity index (χ0) is 14.7. The molecule has 2 unspecified atom stereocenters. The monoisotopic (exact) mass is 278 g/mol. The molecule has 1 amide bonds. The lowest BCUT2D eigenvalue weighted by Crippen LogP contribution is -2.32. The van der Waals surface area contributed by atoms with Crippen LogP contribution in [-0.4, -0.2) is 28.6 Å². The van der Waals surface area contributed by atoms with E-state index in [2.05, 4.69) is 5.32 Å². The SMILES string of the molecule is Cc1c(C(=O)NCC2CCCC2O)cccc1[N+](=O)[O-]. The van der Waals surface area contributed by atoms with E-state index in [1.807, 2.05) is 0 Å². The predicted molar refractivity (Wildman–Crippen MR) is 73.5 cm³/mol.